The zero-order chi connectivity index (χ0) is 25.1. The summed E-state index contributed by atoms with van der Waals surface area (Å²) in [4.78, 5) is 42.1. The summed E-state index contributed by atoms with van der Waals surface area (Å²) in [5, 5.41) is 4.74. The van der Waals surface area contributed by atoms with Gasteiger partial charge in [0, 0.05) is 35.7 Å². The molecular formula is C29H26N2O4. The first kappa shape index (κ1) is 23.8. The van der Waals surface area contributed by atoms with Crippen molar-refractivity contribution in [3.05, 3.63) is 101 Å². The third kappa shape index (κ3) is 4.82. The van der Waals surface area contributed by atoms with Crippen molar-refractivity contribution in [2.45, 2.75) is 34.1 Å². The normalized spacial score (nSPS) is 11.5. The molecule has 0 aliphatic rings. The maximum absolute atomic E-state index is 13.9. The highest BCUT2D eigenvalue weighted by Gasteiger charge is 2.25. The van der Waals surface area contributed by atoms with Crippen LogP contribution in [0.1, 0.15) is 51.4 Å². The van der Waals surface area contributed by atoms with Crippen LogP contribution >= 0.6 is 0 Å². The molecule has 0 atom stereocenters. The van der Waals surface area contributed by atoms with Crippen LogP contribution in [-0.4, -0.2) is 27.8 Å². The molecule has 1 heterocycles. The molecule has 3 aromatic carbocycles. The van der Waals surface area contributed by atoms with Crippen LogP contribution in [0.25, 0.3) is 16.6 Å². The number of hydrogen-bond donors (Lipinski definition) is 0. The van der Waals surface area contributed by atoms with E-state index in [4.69, 9.17) is 4.84 Å². The monoisotopic (exact) mass is 466 g/mol. The Kier molecular flexibility index (Phi) is 6.73. The number of nitrogens with zero attached hydrogens (tertiary/aromatic N) is 2. The summed E-state index contributed by atoms with van der Waals surface area (Å²) in [5.41, 5.74) is 5.61. The van der Waals surface area contributed by atoms with Gasteiger partial charge in [0.15, 0.2) is 5.78 Å². The average molecular weight is 467 g/mol. The highest BCUT2D eigenvalue weighted by molar-refractivity contribution is 6.48. The molecule has 0 saturated heterocycles. The molecule has 4 rings (SSSR count). The number of fused-ring (bicyclic) bond motifs is 1. The van der Waals surface area contributed by atoms with E-state index in [1.165, 1.54) is 13.8 Å². The number of hydrogen-bond acceptors (Lipinski definition) is 5. The molecule has 0 amide bonds. The van der Waals surface area contributed by atoms with E-state index in [0.717, 1.165) is 33.4 Å². The minimum absolute atomic E-state index is 0.0102. The Morgan fingerprint density at radius 3 is 2.17 bits per heavy atom. The van der Waals surface area contributed by atoms with Gasteiger partial charge in [-0.15, -0.1) is 0 Å². The zero-order valence-corrected chi connectivity index (χ0v) is 20.2. The van der Waals surface area contributed by atoms with Crippen molar-refractivity contribution >= 4 is 34.2 Å². The number of ketones is 2. The number of carbonyl (C=O) groups excluding carboxylic acids is 3. The van der Waals surface area contributed by atoms with E-state index in [1.807, 2.05) is 79.1 Å². The number of aryl methyl sites for hydroxylation is 1. The second-order valence-electron chi connectivity index (χ2n) is 8.47. The number of carbonyl (C=O) groups is 3. The smallest absolute Gasteiger partial charge is 0.318 e. The van der Waals surface area contributed by atoms with Crippen LogP contribution < -0.4 is 0 Å². The number of benzene rings is 3. The van der Waals surface area contributed by atoms with Crippen molar-refractivity contribution in [1.82, 2.24) is 4.57 Å². The second-order valence-corrected chi connectivity index (χ2v) is 8.47. The SMILES string of the molecule is CC(=O)O/N=C(\Cc1ccccc1C)C(=O)c1c(C)n(-c2ccc(C(C)=O)cc2)c2ccccc12. The molecule has 0 bridgehead atoms. The van der Waals surface area contributed by atoms with Gasteiger partial charge in [-0.2, -0.15) is 0 Å². The van der Waals surface area contributed by atoms with Gasteiger partial charge in [0.05, 0.1) is 11.1 Å². The molecule has 6 nitrogen and oxygen atoms in total. The first-order valence-corrected chi connectivity index (χ1v) is 11.3. The zero-order valence-electron chi connectivity index (χ0n) is 20.2. The molecule has 0 fully saturated rings. The van der Waals surface area contributed by atoms with Gasteiger partial charge < -0.3 is 9.40 Å². The fraction of sp³-hybridized carbons (Fsp3) is 0.172. The van der Waals surface area contributed by atoms with E-state index in [9.17, 15) is 14.4 Å². The molecule has 0 aliphatic heterocycles. The number of oxime groups is 1. The van der Waals surface area contributed by atoms with Gasteiger partial charge in [0.1, 0.15) is 5.71 Å². The Morgan fingerprint density at radius 1 is 0.857 bits per heavy atom. The summed E-state index contributed by atoms with van der Waals surface area (Å²) in [6.07, 6.45) is 0.227. The summed E-state index contributed by atoms with van der Waals surface area (Å²) in [6.45, 7) is 6.62. The maximum Gasteiger partial charge on any atom is 0.331 e. The molecule has 35 heavy (non-hydrogen) atoms. The van der Waals surface area contributed by atoms with Crippen LogP contribution in [0.3, 0.4) is 0 Å². The van der Waals surface area contributed by atoms with E-state index in [0.29, 0.717) is 11.1 Å². The number of rotatable bonds is 7. The number of para-hydroxylation sites is 1. The topological polar surface area (TPSA) is 77.7 Å². The summed E-state index contributed by atoms with van der Waals surface area (Å²) in [5.74, 6) is -0.906. The van der Waals surface area contributed by atoms with Crippen LogP contribution in [-0.2, 0) is 16.1 Å². The maximum atomic E-state index is 13.9. The molecule has 6 heteroatoms. The lowest BCUT2D eigenvalue weighted by atomic mass is 9.96. The van der Waals surface area contributed by atoms with Crippen LogP contribution in [0.2, 0.25) is 0 Å². The first-order valence-electron chi connectivity index (χ1n) is 11.3. The third-order valence-electron chi connectivity index (χ3n) is 6.04. The fourth-order valence-electron chi connectivity index (χ4n) is 4.24. The van der Waals surface area contributed by atoms with Gasteiger partial charge in [-0.3, -0.25) is 9.59 Å². The Labute approximate surface area is 203 Å². The summed E-state index contributed by atoms with van der Waals surface area (Å²) in [7, 11) is 0. The van der Waals surface area contributed by atoms with Gasteiger partial charge in [-0.1, -0.05) is 47.6 Å². The van der Waals surface area contributed by atoms with E-state index >= 15 is 0 Å². The minimum atomic E-state index is -0.593. The van der Waals surface area contributed by atoms with Crippen molar-refractivity contribution in [2.24, 2.45) is 5.16 Å². The minimum Gasteiger partial charge on any atom is -0.318 e. The molecule has 0 spiro atoms. The van der Waals surface area contributed by atoms with Crippen molar-refractivity contribution in [2.75, 3.05) is 0 Å². The van der Waals surface area contributed by atoms with Gasteiger partial charge in [-0.25, -0.2) is 4.79 Å². The molecule has 0 radical (unpaired) electrons. The van der Waals surface area contributed by atoms with Crippen LogP contribution in [0.5, 0.6) is 0 Å². The Morgan fingerprint density at radius 2 is 1.51 bits per heavy atom. The van der Waals surface area contributed by atoms with Crippen LogP contribution in [0.4, 0.5) is 0 Å². The highest BCUT2D eigenvalue weighted by Crippen LogP contribution is 2.30. The van der Waals surface area contributed by atoms with E-state index in [-0.39, 0.29) is 23.7 Å². The second kappa shape index (κ2) is 9.89. The molecule has 4 aromatic rings. The molecule has 0 unspecified atom stereocenters. The molecule has 0 N–H and O–H groups in total. The van der Waals surface area contributed by atoms with Gasteiger partial charge in [-0.05, 0) is 62.2 Å². The molecule has 176 valence electrons. The van der Waals surface area contributed by atoms with E-state index < -0.39 is 5.97 Å². The van der Waals surface area contributed by atoms with Crippen LogP contribution in [0, 0.1) is 13.8 Å². The van der Waals surface area contributed by atoms with Gasteiger partial charge in [0.25, 0.3) is 0 Å². The Balaban J connectivity index is 1.86. The number of Topliss-reactive ketones (excluding diaryl/α,β-unsaturated/α-hetero) is 2. The van der Waals surface area contributed by atoms with E-state index in [1.54, 1.807) is 12.1 Å². The van der Waals surface area contributed by atoms with Gasteiger partial charge >= 0.3 is 5.97 Å². The molecular weight excluding hydrogens is 440 g/mol. The first-order chi connectivity index (χ1) is 16.8. The van der Waals surface area contributed by atoms with Crippen molar-refractivity contribution in [1.29, 1.82) is 0 Å². The van der Waals surface area contributed by atoms with E-state index in [2.05, 4.69) is 5.16 Å². The predicted molar refractivity (Wildman–Crippen MR) is 136 cm³/mol. The lowest BCUT2D eigenvalue weighted by molar-refractivity contribution is -0.140. The molecule has 0 saturated carbocycles. The fourth-order valence-corrected chi connectivity index (χ4v) is 4.24. The Bertz CT molecular complexity index is 1480. The summed E-state index contributed by atoms with van der Waals surface area (Å²) >= 11 is 0. The summed E-state index contributed by atoms with van der Waals surface area (Å²) in [6, 6.07) is 22.6. The van der Waals surface area contributed by atoms with Gasteiger partial charge in [0.2, 0.25) is 5.78 Å². The number of aromatic nitrogens is 1. The van der Waals surface area contributed by atoms with Crippen molar-refractivity contribution < 1.29 is 19.2 Å². The quantitative estimate of drug-likeness (QED) is 0.149. The van der Waals surface area contributed by atoms with Crippen LogP contribution in [0.15, 0.2) is 78.0 Å². The largest absolute Gasteiger partial charge is 0.331 e. The average Bonchev–Trinajstić information content (AvgIpc) is 3.14. The lowest BCUT2D eigenvalue weighted by Crippen LogP contribution is -2.20. The Hall–Kier alpha value is -4.32. The highest BCUT2D eigenvalue weighted by atomic mass is 16.7. The molecule has 0 aliphatic carbocycles. The van der Waals surface area contributed by atoms with Crippen molar-refractivity contribution in [3.8, 4) is 5.69 Å². The third-order valence-corrected chi connectivity index (χ3v) is 6.04. The standard InChI is InChI=1S/C29H26N2O4/c1-18-9-5-6-10-23(18)17-26(30-35-21(4)33)29(34)28-19(2)31(27-12-8-7-11-25(27)28)24-15-13-22(14-16-24)20(3)32/h5-16H,17H2,1-4H3/b30-26+. The lowest BCUT2D eigenvalue weighted by Gasteiger charge is -2.10. The predicted octanol–water partition coefficient (Wildman–Crippen LogP) is 5.79. The van der Waals surface area contributed by atoms with Crippen molar-refractivity contribution in [3.63, 3.8) is 0 Å². The molecule has 1 aromatic heterocycles. The summed E-state index contributed by atoms with van der Waals surface area (Å²) < 4.78 is 1.99.